The number of aromatic nitrogens is 1. The number of hydrogen-bond acceptors (Lipinski definition) is 4. The molecule has 0 aliphatic heterocycles. The highest BCUT2D eigenvalue weighted by Gasteiger charge is 2.31. The molecule has 0 N–H and O–H groups in total. The molecule has 0 aliphatic carbocycles. The lowest BCUT2D eigenvalue weighted by Crippen LogP contribution is -2.24. The second-order valence-corrected chi connectivity index (χ2v) is 5.19. The van der Waals surface area contributed by atoms with Gasteiger partial charge < -0.3 is 14.6 Å². The largest absolute Gasteiger partial charge is 0.545 e. The van der Waals surface area contributed by atoms with E-state index >= 15 is 0 Å². The van der Waals surface area contributed by atoms with Gasteiger partial charge in [-0.05, 0) is 23.3 Å². The number of carboxylic acid groups (broad SMARTS) is 1. The van der Waals surface area contributed by atoms with E-state index in [-0.39, 0.29) is 28.6 Å². The smallest absolute Gasteiger partial charge is 0.417 e. The van der Waals surface area contributed by atoms with Gasteiger partial charge in [-0.15, -0.1) is 0 Å². The third-order valence-electron chi connectivity index (χ3n) is 3.01. The fraction of sp³-hybridized carbons (Fsp3) is 0.125. The fourth-order valence-corrected chi connectivity index (χ4v) is 2.02. The summed E-state index contributed by atoms with van der Waals surface area (Å²) in [7, 11) is 0. The molecule has 0 unspecified atom stereocenters. The summed E-state index contributed by atoms with van der Waals surface area (Å²) < 4.78 is 43.2. The van der Waals surface area contributed by atoms with Crippen LogP contribution < -0.4 is 9.84 Å². The number of pyridine rings is 1. The number of carboxylic acids is 1. The average molecular weight is 357 g/mol. The van der Waals surface area contributed by atoms with Crippen molar-refractivity contribution in [3.63, 3.8) is 0 Å². The van der Waals surface area contributed by atoms with E-state index < -0.39 is 17.7 Å². The standard InChI is InChI=1S/C16H11ClF3NO3/c1-9(15(22)23)6-10-4-2-3-5-13(10)24-14-12(17)7-11(8-21-14)16(18,19)20/h2-5,7-8H,1,6H2,(H,22,23)/p-1. The normalized spacial score (nSPS) is 11.2. The lowest BCUT2D eigenvalue weighted by atomic mass is 10.1. The molecule has 1 aromatic carbocycles. The van der Waals surface area contributed by atoms with Gasteiger partial charge in [0.25, 0.3) is 0 Å². The zero-order valence-corrected chi connectivity index (χ0v) is 12.8. The second-order valence-electron chi connectivity index (χ2n) is 4.79. The first-order valence-electron chi connectivity index (χ1n) is 6.56. The van der Waals surface area contributed by atoms with Crippen LogP contribution in [0.25, 0.3) is 0 Å². The predicted molar refractivity (Wildman–Crippen MR) is 78.6 cm³/mol. The molecular weight excluding hydrogens is 347 g/mol. The van der Waals surface area contributed by atoms with Crippen molar-refractivity contribution < 1.29 is 27.8 Å². The molecule has 0 aliphatic rings. The van der Waals surface area contributed by atoms with E-state index in [1.54, 1.807) is 18.2 Å². The third kappa shape index (κ3) is 4.26. The Labute approximate surface area is 140 Å². The molecule has 0 spiro atoms. The van der Waals surface area contributed by atoms with Crippen LogP contribution in [-0.2, 0) is 17.4 Å². The van der Waals surface area contributed by atoms with Crippen LogP contribution in [0, 0.1) is 0 Å². The van der Waals surface area contributed by atoms with E-state index in [0.29, 0.717) is 17.8 Å². The molecule has 0 saturated heterocycles. The summed E-state index contributed by atoms with van der Waals surface area (Å²) in [5, 5.41) is 10.4. The Morgan fingerprint density at radius 3 is 2.58 bits per heavy atom. The predicted octanol–water partition coefficient (Wildman–Crippen LogP) is 3.39. The molecule has 0 radical (unpaired) electrons. The highest BCUT2D eigenvalue weighted by Crippen LogP contribution is 2.35. The van der Waals surface area contributed by atoms with Crippen LogP contribution in [-0.4, -0.2) is 11.0 Å². The first-order chi connectivity index (χ1) is 11.2. The maximum Gasteiger partial charge on any atom is 0.417 e. The topological polar surface area (TPSA) is 62.2 Å². The van der Waals surface area contributed by atoms with Gasteiger partial charge in [0.05, 0.1) is 11.5 Å². The number of hydrogen-bond donors (Lipinski definition) is 0. The number of aliphatic carboxylic acids is 1. The molecular formula is C16H10ClF3NO3-. The molecule has 2 aromatic rings. The molecule has 2 rings (SSSR count). The van der Waals surface area contributed by atoms with Crippen LogP contribution in [0.4, 0.5) is 13.2 Å². The van der Waals surface area contributed by atoms with Gasteiger partial charge >= 0.3 is 6.18 Å². The minimum Gasteiger partial charge on any atom is -0.545 e. The van der Waals surface area contributed by atoms with E-state index in [4.69, 9.17) is 16.3 Å². The van der Waals surface area contributed by atoms with Crippen LogP contribution in [0.5, 0.6) is 11.6 Å². The van der Waals surface area contributed by atoms with Gasteiger partial charge in [0.15, 0.2) is 0 Å². The number of carbonyl (C=O) groups is 1. The monoisotopic (exact) mass is 356 g/mol. The zero-order valence-electron chi connectivity index (χ0n) is 12.1. The Kier molecular flexibility index (Phi) is 5.14. The van der Waals surface area contributed by atoms with Crippen molar-refractivity contribution in [2.75, 3.05) is 0 Å². The number of rotatable bonds is 5. The van der Waals surface area contributed by atoms with Crippen LogP contribution >= 0.6 is 11.6 Å². The van der Waals surface area contributed by atoms with Gasteiger partial charge in [0, 0.05) is 12.6 Å². The van der Waals surface area contributed by atoms with E-state index in [1.807, 2.05) is 0 Å². The van der Waals surface area contributed by atoms with Gasteiger partial charge in [-0.25, -0.2) is 4.98 Å². The highest BCUT2D eigenvalue weighted by atomic mass is 35.5. The maximum atomic E-state index is 12.6. The molecule has 1 heterocycles. The lowest BCUT2D eigenvalue weighted by molar-refractivity contribution is -0.299. The van der Waals surface area contributed by atoms with Crippen molar-refractivity contribution in [3.8, 4) is 11.6 Å². The van der Waals surface area contributed by atoms with Crippen molar-refractivity contribution in [3.05, 3.63) is 64.8 Å². The Morgan fingerprint density at radius 1 is 1.33 bits per heavy atom. The summed E-state index contributed by atoms with van der Waals surface area (Å²) in [6.07, 6.45) is -4.03. The molecule has 0 fully saturated rings. The number of nitrogens with zero attached hydrogens (tertiary/aromatic N) is 1. The van der Waals surface area contributed by atoms with Gasteiger partial charge in [0.1, 0.15) is 10.8 Å². The van der Waals surface area contributed by atoms with Crippen LogP contribution in [0.1, 0.15) is 11.1 Å². The Bertz CT molecular complexity index is 790. The first-order valence-corrected chi connectivity index (χ1v) is 6.94. The quantitative estimate of drug-likeness (QED) is 0.770. The summed E-state index contributed by atoms with van der Waals surface area (Å²) in [5.41, 5.74) is -0.722. The summed E-state index contributed by atoms with van der Waals surface area (Å²) in [5.74, 6) is -1.43. The fourth-order valence-electron chi connectivity index (χ4n) is 1.81. The minimum atomic E-state index is -4.57. The first kappa shape index (κ1) is 17.8. The number of para-hydroxylation sites is 1. The minimum absolute atomic E-state index is 0.0588. The molecule has 126 valence electrons. The molecule has 0 atom stereocenters. The van der Waals surface area contributed by atoms with Crippen molar-refractivity contribution in [1.82, 2.24) is 4.98 Å². The van der Waals surface area contributed by atoms with E-state index in [2.05, 4.69) is 11.6 Å². The van der Waals surface area contributed by atoms with Crippen molar-refractivity contribution in [1.29, 1.82) is 0 Å². The lowest BCUT2D eigenvalue weighted by Gasteiger charge is -2.14. The van der Waals surface area contributed by atoms with E-state index in [9.17, 15) is 23.1 Å². The van der Waals surface area contributed by atoms with Gasteiger partial charge in [-0.3, -0.25) is 0 Å². The average Bonchev–Trinajstić information content (AvgIpc) is 2.49. The molecule has 4 nitrogen and oxygen atoms in total. The molecule has 8 heteroatoms. The Balaban J connectivity index is 2.29. The van der Waals surface area contributed by atoms with Gasteiger partial charge in [-0.2, -0.15) is 13.2 Å². The number of ether oxygens (including phenoxy) is 1. The molecule has 0 saturated carbocycles. The van der Waals surface area contributed by atoms with E-state index in [0.717, 1.165) is 0 Å². The summed E-state index contributed by atoms with van der Waals surface area (Å²) in [6.45, 7) is 3.37. The summed E-state index contributed by atoms with van der Waals surface area (Å²) in [4.78, 5) is 14.3. The Hall–Kier alpha value is -2.54. The van der Waals surface area contributed by atoms with Crippen molar-refractivity contribution in [2.45, 2.75) is 12.6 Å². The van der Waals surface area contributed by atoms with Crippen molar-refractivity contribution >= 4 is 17.6 Å². The SMILES string of the molecule is C=C(Cc1ccccc1Oc1ncc(C(F)(F)F)cc1Cl)C(=O)[O-]. The number of halogens is 4. The molecule has 24 heavy (non-hydrogen) atoms. The van der Waals surface area contributed by atoms with Crippen molar-refractivity contribution in [2.24, 2.45) is 0 Å². The van der Waals surface area contributed by atoms with Crippen LogP contribution in [0.2, 0.25) is 5.02 Å². The second kappa shape index (κ2) is 6.92. The highest BCUT2D eigenvalue weighted by molar-refractivity contribution is 6.31. The number of carbonyl (C=O) groups excluding carboxylic acids is 1. The van der Waals surface area contributed by atoms with E-state index in [1.165, 1.54) is 6.07 Å². The molecule has 0 amide bonds. The Morgan fingerprint density at radius 2 is 2.00 bits per heavy atom. The maximum absolute atomic E-state index is 12.6. The third-order valence-corrected chi connectivity index (χ3v) is 3.28. The van der Waals surface area contributed by atoms with Crippen LogP contribution in [0.3, 0.4) is 0 Å². The molecule has 0 bridgehead atoms. The van der Waals surface area contributed by atoms with Gasteiger partial charge in [0.2, 0.25) is 5.88 Å². The van der Waals surface area contributed by atoms with Gasteiger partial charge in [-0.1, -0.05) is 36.4 Å². The number of benzene rings is 1. The number of alkyl halides is 3. The zero-order chi connectivity index (χ0) is 17.9. The van der Waals surface area contributed by atoms with Crippen LogP contribution in [0.15, 0.2) is 48.7 Å². The summed E-state index contributed by atoms with van der Waals surface area (Å²) in [6, 6.07) is 7.05. The molecule has 1 aromatic heterocycles. The summed E-state index contributed by atoms with van der Waals surface area (Å²) >= 11 is 5.78.